The maximum atomic E-state index is 12.9. The lowest BCUT2D eigenvalue weighted by Gasteiger charge is -2.20. The van der Waals surface area contributed by atoms with Gasteiger partial charge in [-0.1, -0.05) is 12.1 Å². The van der Waals surface area contributed by atoms with Crippen LogP contribution in [-0.2, 0) is 21.4 Å². The van der Waals surface area contributed by atoms with Crippen molar-refractivity contribution in [1.29, 1.82) is 0 Å². The van der Waals surface area contributed by atoms with Crippen LogP contribution in [0.5, 0.6) is 0 Å². The Balaban J connectivity index is 1.98. The minimum atomic E-state index is -3.58. The number of rotatable bonds is 8. The number of likely N-dealkylation sites (N-methyl/N-ethyl adjacent to an activating group) is 1. The van der Waals surface area contributed by atoms with Crippen LogP contribution in [0.1, 0.15) is 22.8 Å². The van der Waals surface area contributed by atoms with Gasteiger partial charge in [-0.3, -0.25) is 9.59 Å². The number of sulfonamides is 1. The predicted molar refractivity (Wildman–Crippen MR) is 103 cm³/mol. The Bertz CT molecular complexity index is 929. The zero-order valence-electron chi connectivity index (χ0n) is 15.6. The van der Waals surface area contributed by atoms with Crippen LogP contribution in [-0.4, -0.2) is 45.3 Å². The molecule has 28 heavy (non-hydrogen) atoms. The highest BCUT2D eigenvalue weighted by Gasteiger charge is 2.18. The second-order valence-corrected chi connectivity index (χ2v) is 7.84. The van der Waals surface area contributed by atoms with E-state index in [1.54, 1.807) is 19.1 Å². The van der Waals surface area contributed by atoms with Gasteiger partial charge in [0.1, 0.15) is 5.82 Å². The molecule has 0 aliphatic carbocycles. The van der Waals surface area contributed by atoms with Crippen LogP contribution in [0, 0.1) is 5.82 Å². The first-order valence-corrected chi connectivity index (χ1v) is 10.1. The van der Waals surface area contributed by atoms with E-state index in [4.69, 9.17) is 0 Å². The second-order valence-electron chi connectivity index (χ2n) is 5.95. The van der Waals surface area contributed by atoms with Gasteiger partial charge in [-0.25, -0.2) is 17.5 Å². The predicted octanol–water partition coefficient (Wildman–Crippen LogP) is 1.51. The van der Waals surface area contributed by atoms with Crippen LogP contribution >= 0.6 is 0 Å². The monoisotopic (exact) mass is 407 g/mol. The molecule has 9 heteroatoms. The van der Waals surface area contributed by atoms with Gasteiger partial charge in [0, 0.05) is 18.7 Å². The number of benzene rings is 2. The average Bonchev–Trinajstić information content (AvgIpc) is 2.71. The normalized spacial score (nSPS) is 11.1. The number of carbonyl (C=O) groups is 2. The molecule has 2 N–H and O–H groups in total. The molecule has 0 fully saturated rings. The summed E-state index contributed by atoms with van der Waals surface area (Å²) < 4.78 is 38.6. The fourth-order valence-electron chi connectivity index (χ4n) is 2.44. The summed E-state index contributed by atoms with van der Waals surface area (Å²) in [5.74, 6) is -1.09. The van der Waals surface area contributed by atoms with Crippen LogP contribution in [0.15, 0.2) is 53.4 Å². The molecule has 2 aromatic carbocycles. The quantitative estimate of drug-likeness (QED) is 0.693. The fraction of sp³-hybridized carbons (Fsp3) is 0.263. The van der Waals surface area contributed by atoms with E-state index < -0.39 is 10.0 Å². The van der Waals surface area contributed by atoms with Crippen LogP contribution < -0.4 is 10.0 Å². The lowest BCUT2D eigenvalue weighted by molar-refractivity contribution is -0.121. The van der Waals surface area contributed by atoms with Crippen LogP contribution in [0.4, 0.5) is 4.39 Å². The zero-order valence-corrected chi connectivity index (χ0v) is 16.4. The van der Waals surface area contributed by atoms with Crippen LogP contribution in [0.25, 0.3) is 0 Å². The van der Waals surface area contributed by atoms with Gasteiger partial charge >= 0.3 is 0 Å². The zero-order chi connectivity index (χ0) is 20.7. The molecular formula is C19H22FN3O4S. The van der Waals surface area contributed by atoms with Gasteiger partial charge in [0.25, 0.3) is 5.91 Å². The summed E-state index contributed by atoms with van der Waals surface area (Å²) in [5, 5.41) is 2.68. The molecule has 0 aliphatic rings. The first kappa shape index (κ1) is 21.5. The second kappa shape index (κ2) is 9.43. The molecule has 0 unspecified atom stereocenters. The van der Waals surface area contributed by atoms with Crippen molar-refractivity contribution in [2.75, 3.05) is 20.1 Å². The van der Waals surface area contributed by atoms with Gasteiger partial charge in [0.15, 0.2) is 0 Å². The Morgan fingerprint density at radius 3 is 2.18 bits per heavy atom. The molecule has 0 atom stereocenters. The highest BCUT2D eigenvalue weighted by atomic mass is 32.2. The summed E-state index contributed by atoms with van der Waals surface area (Å²) in [6.45, 7) is 2.12. The van der Waals surface area contributed by atoms with Gasteiger partial charge in [-0.05, 0) is 55.9 Å². The summed E-state index contributed by atoms with van der Waals surface area (Å²) in [6.07, 6.45) is 0. The molecule has 0 saturated carbocycles. The summed E-state index contributed by atoms with van der Waals surface area (Å²) in [5.41, 5.74) is 1.02. The van der Waals surface area contributed by atoms with E-state index in [2.05, 4.69) is 10.0 Å². The molecule has 7 nitrogen and oxygen atoms in total. The lowest BCUT2D eigenvalue weighted by atomic mass is 10.2. The van der Waals surface area contributed by atoms with E-state index >= 15 is 0 Å². The van der Waals surface area contributed by atoms with Crippen LogP contribution in [0.3, 0.4) is 0 Å². The SMILES string of the molecule is CCN(CC(=O)NCc1ccc(F)cc1)C(=O)c1ccc(S(=O)(=O)NC)cc1. The number of hydrogen-bond acceptors (Lipinski definition) is 4. The first-order chi connectivity index (χ1) is 13.3. The molecule has 0 spiro atoms. The molecule has 0 radical (unpaired) electrons. The van der Waals surface area contributed by atoms with E-state index in [-0.39, 0.29) is 41.2 Å². The van der Waals surface area contributed by atoms with Crippen molar-refractivity contribution in [3.63, 3.8) is 0 Å². The molecule has 0 bridgehead atoms. The van der Waals surface area contributed by atoms with Crippen molar-refractivity contribution >= 4 is 21.8 Å². The summed E-state index contributed by atoms with van der Waals surface area (Å²) >= 11 is 0. The first-order valence-electron chi connectivity index (χ1n) is 8.61. The number of nitrogens with zero attached hydrogens (tertiary/aromatic N) is 1. The standard InChI is InChI=1S/C19H22FN3O4S/c1-3-23(13-18(24)22-12-14-4-8-16(20)9-5-14)19(25)15-6-10-17(11-7-15)28(26,27)21-2/h4-11,21H,3,12-13H2,1-2H3,(H,22,24). The summed E-state index contributed by atoms with van der Waals surface area (Å²) in [4.78, 5) is 26.1. The molecule has 2 rings (SSSR count). The van der Waals surface area contributed by atoms with Crippen molar-refractivity contribution in [2.45, 2.75) is 18.4 Å². The third kappa shape index (κ3) is 5.61. The number of carbonyl (C=O) groups excluding carboxylic acids is 2. The van der Waals surface area contributed by atoms with E-state index in [1.165, 1.54) is 48.3 Å². The molecule has 0 aromatic heterocycles. The number of hydrogen-bond donors (Lipinski definition) is 2. The van der Waals surface area contributed by atoms with Crippen molar-refractivity contribution in [2.24, 2.45) is 0 Å². The van der Waals surface area contributed by atoms with Crippen molar-refractivity contribution in [1.82, 2.24) is 14.9 Å². The van der Waals surface area contributed by atoms with Crippen molar-refractivity contribution < 1.29 is 22.4 Å². The molecule has 2 amide bonds. The van der Waals surface area contributed by atoms with Crippen LogP contribution in [0.2, 0.25) is 0 Å². The maximum absolute atomic E-state index is 12.9. The highest BCUT2D eigenvalue weighted by molar-refractivity contribution is 7.89. The molecule has 150 valence electrons. The number of nitrogens with one attached hydrogen (secondary N) is 2. The fourth-order valence-corrected chi connectivity index (χ4v) is 3.17. The van der Waals surface area contributed by atoms with Gasteiger partial charge in [0.2, 0.25) is 15.9 Å². The summed E-state index contributed by atoms with van der Waals surface area (Å²) in [6, 6.07) is 11.2. The third-order valence-electron chi connectivity index (χ3n) is 4.09. The third-order valence-corrected chi connectivity index (χ3v) is 5.52. The van der Waals surface area contributed by atoms with Gasteiger partial charge in [-0.15, -0.1) is 0 Å². The minimum absolute atomic E-state index is 0.0478. The highest BCUT2D eigenvalue weighted by Crippen LogP contribution is 2.12. The van der Waals surface area contributed by atoms with Crippen molar-refractivity contribution in [3.05, 3.63) is 65.5 Å². The number of amides is 2. The lowest BCUT2D eigenvalue weighted by Crippen LogP contribution is -2.40. The molecule has 0 saturated heterocycles. The van der Waals surface area contributed by atoms with E-state index in [9.17, 15) is 22.4 Å². The Morgan fingerprint density at radius 1 is 1.04 bits per heavy atom. The average molecular weight is 407 g/mol. The molecular weight excluding hydrogens is 385 g/mol. The minimum Gasteiger partial charge on any atom is -0.350 e. The van der Waals surface area contributed by atoms with E-state index in [1.807, 2.05) is 0 Å². The Kier molecular flexibility index (Phi) is 7.24. The molecule has 0 heterocycles. The van der Waals surface area contributed by atoms with Crippen molar-refractivity contribution in [3.8, 4) is 0 Å². The smallest absolute Gasteiger partial charge is 0.254 e. The number of halogens is 1. The Morgan fingerprint density at radius 2 is 1.64 bits per heavy atom. The van der Waals surface area contributed by atoms with Gasteiger partial charge in [-0.2, -0.15) is 0 Å². The Labute approximate surface area is 163 Å². The molecule has 2 aromatic rings. The van der Waals surface area contributed by atoms with E-state index in [0.717, 1.165) is 5.56 Å². The topological polar surface area (TPSA) is 95.6 Å². The Hall–Kier alpha value is -2.78. The largest absolute Gasteiger partial charge is 0.350 e. The summed E-state index contributed by atoms with van der Waals surface area (Å²) in [7, 11) is -2.28. The van der Waals surface area contributed by atoms with E-state index in [0.29, 0.717) is 6.54 Å². The van der Waals surface area contributed by atoms with Gasteiger partial charge < -0.3 is 10.2 Å². The maximum Gasteiger partial charge on any atom is 0.254 e. The molecule has 0 aliphatic heterocycles. The van der Waals surface area contributed by atoms with Gasteiger partial charge in [0.05, 0.1) is 11.4 Å².